The maximum Gasteiger partial charge on any atom is 0.0702 e. The summed E-state index contributed by atoms with van der Waals surface area (Å²) in [4.78, 5) is 6.82. The zero-order chi connectivity index (χ0) is 14.2. The number of hydrogen-bond acceptors (Lipinski definition) is 2. The van der Waals surface area contributed by atoms with Gasteiger partial charge in [-0.05, 0) is 41.9 Å². The van der Waals surface area contributed by atoms with E-state index in [1.165, 1.54) is 22.1 Å². The summed E-state index contributed by atoms with van der Waals surface area (Å²) < 4.78 is 0. The molecule has 2 heteroatoms. The highest BCUT2D eigenvalue weighted by atomic mass is 15.1. The number of pyridine rings is 1. The maximum absolute atomic E-state index is 4.42. The van der Waals surface area contributed by atoms with Crippen molar-refractivity contribution in [1.82, 2.24) is 9.88 Å². The summed E-state index contributed by atoms with van der Waals surface area (Å²) in [6.45, 7) is 2.12. The van der Waals surface area contributed by atoms with Crippen LogP contribution < -0.4 is 0 Å². The van der Waals surface area contributed by atoms with Crippen LogP contribution in [0.25, 0.3) is 10.9 Å². The first-order valence-electron chi connectivity index (χ1n) is 7.42. The monoisotopic (exact) mass is 274 g/mol. The summed E-state index contributed by atoms with van der Waals surface area (Å²) in [5, 5.41) is 1.22. The third-order valence-corrected chi connectivity index (χ3v) is 4.39. The van der Waals surface area contributed by atoms with Crippen LogP contribution in [0.2, 0.25) is 0 Å². The van der Waals surface area contributed by atoms with Crippen molar-refractivity contribution in [3.05, 3.63) is 77.5 Å². The van der Waals surface area contributed by atoms with Gasteiger partial charge in [0.1, 0.15) is 0 Å². The van der Waals surface area contributed by atoms with Gasteiger partial charge in [0.2, 0.25) is 0 Å². The van der Waals surface area contributed by atoms with Crippen LogP contribution in [-0.2, 0) is 6.54 Å². The number of rotatable bonds is 1. The summed E-state index contributed by atoms with van der Waals surface area (Å²) in [5.74, 6) is 0.449. The first kappa shape index (κ1) is 12.5. The summed E-state index contributed by atoms with van der Waals surface area (Å²) in [5.41, 5.74) is 5.37. The van der Waals surface area contributed by atoms with E-state index < -0.39 is 0 Å². The van der Waals surface area contributed by atoms with Gasteiger partial charge < -0.3 is 4.90 Å². The van der Waals surface area contributed by atoms with Crippen LogP contribution in [0.15, 0.2) is 60.8 Å². The zero-order valence-corrected chi connectivity index (χ0v) is 12.2. The molecular weight excluding hydrogens is 256 g/mol. The molecule has 1 aromatic heterocycles. The van der Waals surface area contributed by atoms with Gasteiger partial charge in [0.15, 0.2) is 0 Å². The first-order valence-corrected chi connectivity index (χ1v) is 7.42. The van der Waals surface area contributed by atoms with Crippen LogP contribution in [0.1, 0.15) is 22.6 Å². The quantitative estimate of drug-likeness (QED) is 0.671. The fourth-order valence-electron chi connectivity index (χ4n) is 3.38. The molecule has 0 saturated carbocycles. The molecule has 0 unspecified atom stereocenters. The molecule has 2 nitrogen and oxygen atoms in total. The topological polar surface area (TPSA) is 16.1 Å². The highest BCUT2D eigenvalue weighted by molar-refractivity contribution is 5.79. The van der Waals surface area contributed by atoms with E-state index in [9.17, 15) is 0 Å². The molecule has 3 aromatic rings. The Morgan fingerprint density at radius 1 is 1.05 bits per heavy atom. The summed E-state index contributed by atoms with van der Waals surface area (Å²) in [6.07, 6.45) is 1.85. The van der Waals surface area contributed by atoms with E-state index in [0.29, 0.717) is 5.92 Å². The molecule has 1 aliphatic rings. The predicted molar refractivity (Wildman–Crippen MR) is 86.4 cm³/mol. The molecule has 0 bridgehead atoms. The standard InChI is InChI=1S/C19H18N2/c1-21-12-16-5-2-3-7-17(16)18(13-21)14-8-9-19-15(11-14)6-4-10-20-19/h2-11,18H,12-13H2,1H3/t18-/m0/s1. The predicted octanol–water partition coefficient (Wildman–Crippen LogP) is 3.81. The van der Waals surface area contributed by atoms with Crippen LogP contribution >= 0.6 is 0 Å². The van der Waals surface area contributed by atoms with Gasteiger partial charge in [-0.2, -0.15) is 0 Å². The van der Waals surface area contributed by atoms with Gasteiger partial charge in [-0.1, -0.05) is 36.4 Å². The fraction of sp³-hybridized carbons (Fsp3) is 0.211. The van der Waals surface area contributed by atoms with Gasteiger partial charge in [0.05, 0.1) is 5.52 Å². The lowest BCUT2D eigenvalue weighted by Gasteiger charge is -2.32. The number of benzene rings is 2. The second kappa shape index (κ2) is 4.97. The van der Waals surface area contributed by atoms with Gasteiger partial charge in [0.25, 0.3) is 0 Å². The van der Waals surface area contributed by atoms with E-state index in [2.05, 4.69) is 65.5 Å². The Kier molecular flexibility index (Phi) is 2.97. The average Bonchev–Trinajstić information content (AvgIpc) is 2.53. The van der Waals surface area contributed by atoms with Crippen molar-refractivity contribution in [2.24, 2.45) is 0 Å². The molecule has 0 amide bonds. The van der Waals surface area contributed by atoms with Gasteiger partial charge in [0, 0.05) is 30.6 Å². The Labute approximate surface area is 125 Å². The Bertz CT molecular complexity index is 794. The molecule has 0 spiro atoms. The molecule has 1 aliphatic heterocycles. The minimum Gasteiger partial charge on any atom is -0.301 e. The third-order valence-electron chi connectivity index (χ3n) is 4.39. The minimum absolute atomic E-state index is 0.449. The molecule has 0 N–H and O–H groups in total. The lowest BCUT2D eigenvalue weighted by molar-refractivity contribution is 0.295. The second-order valence-corrected chi connectivity index (χ2v) is 5.90. The van der Waals surface area contributed by atoms with Gasteiger partial charge in [-0.3, -0.25) is 4.98 Å². The van der Waals surface area contributed by atoms with E-state index in [-0.39, 0.29) is 0 Å². The summed E-state index contributed by atoms with van der Waals surface area (Å²) >= 11 is 0. The van der Waals surface area contributed by atoms with Crippen molar-refractivity contribution < 1.29 is 0 Å². The molecule has 2 heterocycles. The van der Waals surface area contributed by atoms with Crippen molar-refractivity contribution in [1.29, 1.82) is 0 Å². The summed E-state index contributed by atoms with van der Waals surface area (Å²) in [7, 11) is 2.20. The molecule has 0 fully saturated rings. The smallest absolute Gasteiger partial charge is 0.0702 e. The number of aromatic nitrogens is 1. The van der Waals surface area contributed by atoms with E-state index in [1.807, 2.05) is 12.3 Å². The highest BCUT2D eigenvalue weighted by Crippen LogP contribution is 2.33. The maximum atomic E-state index is 4.42. The molecular formula is C19H18N2. The lowest BCUT2D eigenvalue weighted by Crippen LogP contribution is -2.30. The minimum atomic E-state index is 0.449. The molecule has 1 atom stereocenters. The first-order chi connectivity index (χ1) is 10.3. The van der Waals surface area contributed by atoms with Crippen molar-refractivity contribution >= 4 is 10.9 Å². The molecule has 4 rings (SSSR count). The van der Waals surface area contributed by atoms with Crippen LogP contribution in [0, 0.1) is 0 Å². The number of hydrogen-bond donors (Lipinski definition) is 0. The van der Waals surface area contributed by atoms with E-state index in [1.54, 1.807) is 0 Å². The Morgan fingerprint density at radius 3 is 2.90 bits per heavy atom. The second-order valence-electron chi connectivity index (χ2n) is 5.90. The summed E-state index contributed by atoms with van der Waals surface area (Å²) in [6, 6.07) is 19.6. The van der Waals surface area contributed by atoms with Crippen LogP contribution in [0.3, 0.4) is 0 Å². The van der Waals surface area contributed by atoms with Gasteiger partial charge in [-0.25, -0.2) is 0 Å². The van der Waals surface area contributed by atoms with Crippen molar-refractivity contribution in [3.8, 4) is 0 Å². The van der Waals surface area contributed by atoms with Gasteiger partial charge in [-0.15, -0.1) is 0 Å². The average molecular weight is 274 g/mol. The van der Waals surface area contributed by atoms with Crippen molar-refractivity contribution in [3.63, 3.8) is 0 Å². The SMILES string of the molecule is CN1Cc2ccccc2[C@H](c2ccc3ncccc3c2)C1. The molecule has 2 aromatic carbocycles. The van der Waals surface area contributed by atoms with E-state index in [4.69, 9.17) is 0 Å². The largest absolute Gasteiger partial charge is 0.301 e. The highest BCUT2D eigenvalue weighted by Gasteiger charge is 2.24. The Morgan fingerprint density at radius 2 is 1.95 bits per heavy atom. The molecule has 0 saturated heterocycles. The molecule has 21 heavy (non-hydrogen) atoms. The van der Waals surface area contributed by atoms with Crippen molar-refractivity contribution in [2.45, 2.75) is 12.5 Å². The number of fused-ring (bicyclic) bond motifs is 2. The van der Waals surface area contributed by atoms with Crippen molar-refractivity contribution in [2.75, 3.05) is 13.6 Å². The molecule has 104 valence electrons. The number of likely N-dealkylation sites (N-methyl/N-ethyl adjacent to an activating group) is 1. The fourth-order valence-corrected chi connectivity index (χ4v) is 3.38. The van der Waals surface area contributed by atoms with Crippen LogP contribution in [0.4, 0.5) is 0 Å². The van der Waals surface area contributed by atoms with Gasteiger partial charge >= 0.3 is 0 Å². The molecule has 0 radical (unpaired) electrons. The Balaban J connectivity index is 1.84. The van der Waals surface area contributed by atoms with E-state index in [0.717, 1.165) is 18.6 Å². The Hall–Kier alpha value is -2.19. The van der Waals surface area contributed by atoms with Crippen LogP contribution in [-0.4, -0.2) is 23.5 Å². The third kappa shape index (κ3) is 2.22. The van der Waals surface area contributed by atoms with E-state index >= 15 is 0 Å². The lowest BCUT2D eigenvalue weighted by atomic mass is 9.84. The normalized spacial score (nSPS) is 18.6. The molecule has 0 aliphatic carbocycles. The zero-order valence-electron chi connectivity index (χ0n) is 12.2. The van der Waals surface area contributed by atoms with Crippen LogP contribution in [0.5, 0.6) is 0 Å². The number of nitrogens with zero attached hydrogens (tertiary/aromatic N) is 2.